The molecule has 3 unspecified atom stereocenters. The van der Waals surface area contributed by atoms with Gasteiger partial charge in [-0.25, -0.2) is 14.6 Å². The molecule has 1 saturated carbocycles. The van der Waals surface area contributed by atoms with E-state index in [4.69, 9.17) is 4.98 Å². The SMILES string of the molecule is Cc1cnn(-c2ccc(N3CCCC(NC4CCCCC4Nc4nccc(-c5ccccc5)n4)C3)cc2)c1. The molecule has 2 fully saturated rings. The Balaban J connectivity index is 1.10. The monoisotopic (exact) mass is 507 g/mol. The zero-order valence-electron chi connectivity index (χ0n) is 22.1. The van der Waals surface area contributed by atoms with E-state index in [9.17, 15) is 0 Å². The highest BCUT2D eigenvalue weighted by Gasteiger charge is 2.29. The molecule has 6 rings (SSSR count). The molecular weight excluding hydrogens is 470 g/mol. The molecule has 0 bridgehead atoms. The lowest BCUT2D eigenvalue weighted by atomic mass is 9.89. The van der Waals surface area contributed by atoms with Gasteiger partial charge in [-0.3, -0.25) is 0 Å². The second-order valence-electron chi connectivity index (χ2n) is 10.7. The molecule has 1 aliphatic carbocycles. The molecule has 0 radical (unpaired) electrons. The van der Waals surface area contributed by atoms with Gasteiger partial charge in [0.2, 0.25) is 5.95 Å². The molecular formula is C31H37N7. The fourth-order valence-electron chi connectivity index (χ4n) is 5.89. The molecule has 7 heteroatoms. The van der Waals surface area contributed by atoms with Crippen LogP contribution in [0, 0.1) is 6.92 Å². The first-order valence-corrected chi connectivity index (χ1v) is 14.0. The van der Waals surface area contributed by atoms with Crippen molar-refractivity contribution >= 4 is 11.6 Å². The third-order valence-corrected chi connectivity index (χ3v) is 7.87. The zero-order valence-corrected chi connectivity index (χ0v) is 22.1. The lowest BCUT2D eigenvalue weighted by molar-refractivity contribution is 0.293. The molecule has 38 heavy (non-hydrogen) atoms. The summed E-state index contributed by atoms with van der Waals surface area (Å²) in [6, 6.07) is 22.3. The van der Waals surface area contributed by atoms with Gasteiger partial charge in [-0.2, -0.15) is 5.10 Å². The van der Waals surface area contributed by atoms with E-state index in [1.807, 2.05) is 41.3 Å². The first kappa shape index (κ1) is 24.6. The summed E-state index contributed by atoms with van der Waals surface area (Å²) in [5.74, 6) is 0.725. The normalized spacial score (nSPS) is 21.8. The van der Waals surface area contributed by atoms with Crippen LogP contribution in [0.1, 0.15) is 44.1 Å². The van der Waals surface area contributed by atoms with Crippen molar-refractivity contribution in [2.24, 2.45) is 0 Å². The second kappa shape index (κ2) is 11.4. The minimum atomic E-state index is 0.335. The van der Waals surface area contributed by atoms with Crippen LogP contribution < -0.4 is 15.5 Å². The Morgan fingerprint density at radius 3 is 2.42 bits per heavy atom. The van der Waals surface area contributed by atoms with Gasteiger partial charge in [0.1, 0.15) is 0 Å². The number of nitrogens with one attached hydrogen (secondary N) is 2. The zero-order chi connectivity index (χ0) is 25.7. The first-order valence-electron chi connectivity index (χ1n) is 14.0. The summed E-state index contributed by atoms with van der Waals surface area (Å²) in [5, 5.41) is 12.2. The number of rotatable bonds is 7. The van der Waals surface area contributed by atoms with Gasteiger partial charge in [-0.1, -0.05) is 43.2 Å². The van der Waals surface area contributed by atoms with Crippen LogP contribution in [0.3, 0.4) is 0 Å². The maximum absolute atomic E-state index is 4.84. The van der Waals surface area contributed by atoms with Crippen LogP contribution in [0.5, 0.6) is 0 Å². The Morgan fingerprint density at radius 1 is 0.842 bits per heavy atom. The summed E-state index contributed by atoms with van der Waals surface area (Å²) >= 11 is 0. The van der Waals surface area contributed by atoms with Crippen molar-refractivity contribution in [1.29, 1.82) is 0 Å². The molecule has 2 aromatic heterocycles. The fraction of sp³-hybridized carbons (Fsp3) is 0.387. The number of aromatic nitrogens is 4. The minimum absolute atomic E-state index is 0.335. The smallest absolute Gasteiger partial charge is 0.223 e. The third kappa shape index (κ3) is 5.73. The highest BCUT2D eigenvalue weighted by molar-refractivity contribution is 5.59. The topological polar surface area (TPSA) is 70.9 Å². The summed E-state index contributed by atoms with van der Waals surface area (Å²) in [4.78, 5) is 11.9. The van der Waals surface area contributed by atoms with Crippen molar-refractivity contribution in [1.82, 2.24) is 25.1 Å². The number of piperidine rings is 1. The molecule has 3 heterocycles. The third-order valence-electron chi connectivity index (χ3n) is 7.87. The van der Waals surface area contributed by atoms with Crippen LogP contribution >= 0.6 is 0 Å². The molecule has 1 aliphatic heterocycles. The van der Waals surface area contributed by atoms with Gasteiger partial charge >= 0.3 is 0 Å². The summed E-state index contributed by atoms with van der Waals surface area (Å²) in [6.07, 6.45) is 13.1. The van der Waals surface area contributed by atoms with E-state index in [2.05, 4.69) is 75.1 Å². The maximum Gasteiger partial charge on any atom is 0.223 e. The summed E-state index contributed by atoms with van der Waals surface area (Å²) < 4.78 is 1.94. The number of hydrogen-bond acceptors (Lipinski definition) is 6. The van der Waals surface area contributed by atoms with E-state index in [0.29, 0.717) is 18.1 Å². The van der Waals surface area contributed by atoms with Crippen molar-refractivity contribution < 1.29 is 0 Å². The molecule has 2 aliphatic rings. The van der Waals surface area contributed by atoms with Crippen molar-refractivity contribution in [2.75, 3.05) is 23.3 Å². The molecule has 3 atom stereocenters. The highest BCUT2D eigenvalue weighted by atomic mass is 15.3. The Bertz CT molecular complexity index is 1320. The number of benzene rings is 2. The maximum atomic E-state index is 4.84. The van der Waals surface area contributed by atoms with Gasteiger partial charge in [0.15, 0.2) is 0 Å². The lowest BCUT2D eigenvalue weighted by Crippen LogP contribution is -2.55. The van der Waals surface area contributed by atoms with E-state index in [-0.39, 0.29) is 0 Å². The van der Waals surface area contributed by atoms with Gasteiger partial charge in [-0.05, 0) is 68.5 Å². The quantitative estimate of drug-likeness (QED) is 0.338. The van der Waals surface area contributed by atoms with E-state index >= 15 is 0 Å². The Kier molecular flexibility index (Phi) is 7.36. The molecule has 7 nitrogen and oxygen atoms in total. The van der Waals surface area contributed by atoms with E-state index < -0.39 is 0 Å². The molecule has 0 amide bonds. The number of aryl methyl sites for hydroxylation is 1. The van der Waals surface area contributed by atoms with Crippen molar-refractivity contribution in [2.45, 2.75) is 63.6 Å². The predicted octanol–water partition coefficient (Wildman–Crippen LogP) is 5.62. The largest absolute Gasteiger partial charge is 0.370 e. The van der Waals surface area contributed by atoms with E-state index in [1.165, 1.54) is 43.4 Å². The lowest BCUT2D eigenvalue weighted by Gasteiger charge is -2.40. The average molecular weight is 508 g/mol. The molecule has 1 saturated heterocycles. The van der Waals surface area contributed by atoms with Crippen LogP contribution in [0.2, 0.25) is 0 Å². The van der Waals surface area contributed by atoms with Gasteiger partial charge in [-0.15, -0.1) is 0 Å². The van der Waals surface area contributed by atoms with Gasteiger partial charge in [0, 0.05) is 54.9 Å². The Morgan fingerprint density at radius 2 is 1.63 bits per heavy atom. The molecule has 0 spiro atoms. The van der Waals surface area contributed by atoms with Gasteiger partial charge in [0.05, 0.1) is 17.6 Å². The van der Waals surface area contributed by atoms with Crippen LogP contribution in [0.15, 0.2) is 79.3 Å². The van der Waals surface area contributed by atoms with Gasteiger partial charge < -0.3 is 15.5 Å². The number of anilines is 2. The molecule has 4 aromatic rings. The molecule has 196 valence electrons. The van der Waals surface area contributed by atoms with Crippen LogP contribution in [-0.4, -0.2) is 51.0 Å². The minimum Gasteiger partial charge on any atom is -0.370 e. The van der Waals surface area contributed by atoms with E-state index in [0.717, 1.165) is 42.4 Å². The van der Waals surface area contributed by atoms with Gasteiger partial charge in [0.25, 0.3) is 0 Å². The molecule has 2 N–H and O–H groups in total. The van der Waals surface area contributed by atoms with Crippen LogP contribution in [-0.2, 0) is 0 Å². The van der Waals surface area contributed by atoms with Crippen molar-refractivity contribution in [3.63, 3.8) is 0 Å². The van der Waals surface area contributed by atoms with Crippen LogP contribution in [0.25, 0.3) is 16.9 Å². The summed E-state index contributed by atoms with van der Waals surface area (Å²) in [6.45, 7) is 4.20. The number of hydrogen-bond donors (Lipinski definition) is 2. The van der Waals surface area contributed by atoms with Crippen molar-refractivity contribution in [3.8, 4) is 16.9 Å². The Labute approximate surface area is 225 Å². The standard InChI is InChI=1S/C31H37N7/c1-23-20-33-38(21-23)27-15-13-26(14-16-27)37-19-7-10-25(22-37)34-29-11-5-6-12-30(29)36-31-32-18-17-28(35-31)24-8-3-2-4-9-24/h2-4,8-9,13-18,20-21,25,29-30,34H,5-7,10-12,19,22H2,1H3,(H,32,35,36). The first-order chi connectivity index (χ1) is 18.7. The van der Waals surface area contributed by atoms with E-state index in [1.54, 1.807) is 0 Å². The highest BCUT2D eigenvalue weighted by Crippen LogP contribution is 2.26. The fourth-order valence-corrected chi connectivity index (χ4v) is 5.89. The predicted molar refractivity (Wildman–Crippen MR) is 154 cm³/mol. The number of nitrogens with zero attached hydrogens (tertiary/aromatic N) is 5. The Hall–Kier alpha value is -3.71. The molecule has 2 aromatic carbocycles. The second-order valence-corrected chi connectivity index (χ2v) is 10.7. The van der Waals surface area contributed by atoms with Crippen molar-refractivity contribution in [3.05, 3.63) is 84.8 Å². The average Bonchev–Trinajstić information content (AvgIpc) is 3.41. The summed E-state index contributed by atoms with van der Waals surface area (Å²) in [5.41, 5.74) is 5.63. The summed E-state index contributed by atoms with van der Waals surface area (Å²) in [7, 11) is 0. The van der Waals surface area contributed by atoms with Crippen LogP contribution in [0.4, 0.5) is 11.6 Å².